The topological polar surface area (TPSA) is 49.9 Å². The van der Waals surface area contributed by atoms with E-state index in [9.17, 15) is 9.59 Å². The maximum atomic E-state index is 10.7. The van der Waals surface area contributed by atoms with Gasteiger partial charge in [0.1, 0.15) is 6.61 Å². The van der Waals surface area contributed by atoms with Gasteiger partial charge >= 0.3 is 0 Å². The van der Waals surface area contributed by atoms with Crippen LogP contribution in [-0.2, 0) is 14.3 Å². The molecule has 0 spiro atoms. The van der Waals surface area contributed by atoms with Gasteiger partial charge in [0.15, 0.2) is 0 Å². The first-order valence-electron chi connectivity index (χ1n) is 7.67. The average molecular weight is 288 g/mol. The summed E-state index contributed by atoms with van der Waals surface area (Å²) < 4.78 is 4.86. The second-order valence-electron chi connectivity index (χ2n) is 4.14. The van der Waals surface area contributed by atoms with Crippen LogP contribution in [0.2, 0.25) is 0 Å². The summed E-state index contributed by atoms with van der Waals surface area (Å²) >= 11 is 0. The maximum Gasteiger partial charge on any atom is 0.248 e. The van der Waals surface area contributed by atoms with E-state index in [1.54, 1.807) is 16.8 Å². The first kappa shape index (κ1) is 21.2. The molecule has 2 aliphatic rings. The summed E-state index contributed by atoms with van der Waals surface area (Å²) in [6.45, 7) is 10.6. The highest BCUT2D eigenvalue weighted by Crippen LogP contribution is 2.06. The van der Waals surface area contributed by atoms with E-state index in [-0.39, 0.29) is 12.5 Å². The highest BCUT2D eigenvalue weighted by molar-refractivity contribution is 5.77. The summed E-state index contributed by atoms with van der Waals surface area (Å²) in [6, 6.07) is 0. The van der Waals surface area contributed by atoms with E-state index in [0.29, 0.717) is 12.5 Å². The molecule has 0 aromatic heterocycles. The summed E-state index contributed by atoms with van der Waals surface area (Å²) in [5, 5.41) is 0. The number of carbonyl (C=O) groups excluding carboxylic acids is 2. The van der Waals surface area contributed by atoms with Gasteiger partial charge in [0.25, 0.3) is 0 Å². The molecule has 0 aromatic carbocycles. The third-order valence-electron chi connectivity index (χ3n) is 2.78. The number of hydrogen-bond donors (Lipinski definition) is 0. The zero-order valence-electron chi connectivity index (χ0n) is 14.1. The molecule has 0 bridgehead atoms. The number of amides is 2. The Balaban J connectivity index is 0. The first-order chi connectivity index (χ1) is 9.61. The van der Waals surface area contributed by atoms with Gasteiger partial charge in [-0.1, -0.05) is 27.7 Å². The standard InChI is InChI=1S/C6H11NO.C5H9NO2.2C2H6/c1-7-5-3-2-4-6(7)8;1-6-2-3-8-4-5(6)7;2*1-2/h2-5H2,1H3;2-4H2,1H3;2*1-2H3. The molecular formula is C15H32N2O3. The zero-order chi connectivity index (χ0) is 16.0. The fourth-order valence-corrected chi connectivity index (χ4v) is 1.54. The van der Waals surface area contributed by atoms with Gasteiger partial charge in [-0.15, -0.1) is 0 Å². The second-order valence-corrected chi connectivity index (χ2v) is 4.14. The van der Waals surface area contributed by atoms with Crippen molar-refractivity contribution in [1.29, 1.82) is 0 Å². The molecule has 2 fully saturated rings. The van der Waals surface area contributed by atoms with Gasteiger partial charge in [0.2, 0.25) is 11.8 Å². The Labute approximate surface area is 124 Å². The number of rotatable bonds is 0. The van der Waals surface area contributed by atoms with Gasteiger partial charge in [-0.05, 0) is 12.8 Å². The molecule has 0 atom stereocenters. The lowest BCUT2D eigenvalue weighted by molar-refractivity contribution is -0.140. The van der Waals surface area contributed by atoms with E-state index in [0.717, 1.165) is 25.9 Å². The number of ether oxygens (including phenoxy) is 1. The van der Waals surface area contributed by atoms with E-state index < -0.39 is 0 Å². The molecule has 0 unspecified atom stereocenters. The Bertz CT molecular complexity index is 232. The van der Waals surface area contributed by atoms with Crippen molar-refractivity contribution in [2.75, 3.05) is 40.4 Å². The molecule has 5 nitrogen and oxygen atoms in total. The fourth-order valence-electron chi connectivity index (χ4n) is 1.54. The molecular weight excluding hydrogens is 256 g/mol. The van der Waals surface area contributed by atoms with Crippen LogP contribution in [0.4, 0.5) is 0 Å². The lowest BCUT2D eigenvalue weighted by Gasteiger charge is -2.21. The van der Waals surface area contributed by atoms with Crippen molar-refractivity contribution >= 4 is 11.8 Å². The normalized spacial score (nSPS) is 17.9. The van der Waals surface area contributed by atoms with E-state index >= 15 is 0 Å². The van der Waals surface area contributed by atoms with E-state index in [1.807, 2.05) is 34.7 Å². The molecule has 0 N–H and O–H groups in total. The van der Waals surface area contributed by atoms with Crippen LogP contribution in [0.5, 0.6) is 0 Å². The van der Waals surface area contributed by atoms with Crippen molar-refractivity contribution in [3.05, 3.63) is 0 Å². The quantitative estimate of drug-likeness (QED) is 0.686. The van der Waals surface area contributed by atoms with Crippen molar-refractivity contribution in [3.8, 4) is 0 Å². The Morgan fingerprint density at radius 3 is 1.70 bits per heavy atom. The Morgan fingerprint density at radius 2 is 1.40 bits per heavy atom. The molecule has 0 aromatic rings. The minimum absolute atomic E-state index is 0.0799. The average Bonchev–Trinajstić information content (AvgIpc) is 2.50. The Morgan fingerprint density at radius 1 is 0.850 bits per heavy atom. The summed E-state index contributed by atoms with van der Waals surface area (Å²) in [5.74, 6) is 0.382. The van der Waals surface area contributed by atoms with Crippen LogP contribution in [0.1, 0.15) is 47.0 Å². The van der Waals surface area contributed by atoms with Crippen LogP contribution in [0.25, 0.3) is 0 Å². The molecule has 0 radical (unpaired) electrons. The molecule has 0 aliphatic carbocycles. The predicted molar refractivity (Wildman–Crippen MR) is 82.6 cm³/mol. The first-order valence-corrected chi connectivity index (χ1v) is 7.67. The summed E-state index contributed by atoms with van der Waals surface area (Å²) in [7, 11) is 3.65. The Kier molecular flexibility index (Phi) is 15.2. The maximum absolute atomic E-state index is 10.7. The van der Waals surface area contributed by atoms with Crippen LogP contribution in [0, 0.1) is 0 Å². The van der Waals surface area contributed by atoms with Crippen LogP contribution in [0.15, 0.2) is 0 Å². The smallest absolute Gasteiger partial charge is 0.248 e. The number of piperidine rings is 1. The summed E-state index contributed by atoms with van der Waals surface area (Å²) in [6.07, 6.45) is 3.03. The van der Waals surface area contributed by atoms with Gasteiger partial charge in [-0.25, -0.2) is 0 Å². The lowest BCUT2D eigenvalue weighted by atomic mass is 10.1. The molecule has 0 saturated carbocycles. The molecule has 2 saturated heterocycles. The number of carbonyl (C=O) groups is 2. The monoisotopic (exact) mass is 288 g/mol. The fraction of sp³-hybridized carbons (Fsp3) is 0.867. The third kappa shape index (κ3) is 9.78. The van der Waals surface area contributed by atoms with Gasteiger partial charge in [-0.3, -0.25) is 9.59 Å². The third-order valence-corrected chi connectivity index (χ3v) is 2.78. The minimum atomic E-state index is 0.0799. The molecule has 120 valence electrons. The number of likely N-dealkylation sites (N-methyl/N-ethyl adjacent to an activating group) is 1. The van der Waals surface area contributed by atoms with E-state index in [1.165, 1.54) is 6.42 Å². The number of morpholine rings is 1. The predicted octanol–water partition coefficient (Wildman–Crippen LogP) is 2.16. The van der Waals surface area contributed by atoms with E-state index in [2.05, 4.69) is 0 Å². The molecule has 2 rings (SSSR count). The lowest BCUT2D eigenvalue weighted by Crippen LogP contribution is -2.38. The van der Waals surface area contributed by atoms with Crippen molar-refractivity contribution in [2.24, 2.45) is 0 Å². The van der Waals surface area contributed by atoms with Gasteiger partial charge < -0.3 is 14.5 Å². The van der Waals surface area contributed by atoms with Crippen LogP contribution in [0.3, 0.4) is 0 Å². The van der Waals surface area contributed by atoms with Crippen LogP contribution < -0.4 is 0 Å². The molecule has 5 heteroatoms. The van der Waals surface area contributed by atoms with Gasteiger partial charge in [0.05, 0.1) is 6.61 Å². The van der Waals surface area contributed by atoms with Crippen molar-refractivity contribution in [1.82, 2.24) is 9.80 Å². The highest BCUT2D eigenvalue weighted by Gasteiger charge is 2.13. The zero-order valence-corrected chi connectivity index (χ0v) is 14.1. The largest absolute Gasteiger partial charge is 0.370 e. The molecule has 2 heterocycles. The van der Waals surface area contributed by atoms with Crippen LogP contribution in [-0.4, -0.2) is 62.0 Å². The number of hydrogen-bond acceptors (Lipinski definition) is 3. The number of likely N-dealkylation sites (tertiary alicyclic amines) is 1. The molecule has 2 aliphatic heterocycles. The molecule has 2 amide bonds. The molecule has 20 heavy (non-hydrogen) atoms. The second kappa shape index (κ2) is 14.3. The van der Waals surface area contributed by atoms with Gasteiger partial charge in [0, 0.05) is 33.6 Å². The minimum Gasteiger partial charge on any atom is -0.370 e. The van der Waals surface area contributed by atoms with E-state index in [4.69, 9.17) is 4.74 Å². The summed E-state index contributed by atoms with van der Waals surface area (Å²) in [4.78, 5) is 24.8. The highest BCUT2D eigenvalue weighted by atomic mass is 16.5. The van der Waals surface area contributed by atoms with Crippen molar-refractivity contribution in [3.63, 3.8) is 0 Å². The Hall–Kier alpha value is -1.10. The van der Waals surface area contributed by atoms with Crippen LogP contribution >= 0.6 is 0 Å². The number of nitrogens with zero attached hydrogens (tertiary/aromatic N) is 2. The van der Waals surface area contributed by atoms with Gasteiger partial charge in [-0.2, -0.15) is 0 Å². The van der Waals surface area contributed by atoms with Crippen molar-refractivity contribution in [2.45, 2.75) is 47.0 Å². The summed E-state index contributed by atoms with van der Waals surface area (Å²) in [5.41, 5.74) is 0. The van der Waals surface area contributed by atoms with Crippen molar-refractivity contribution < 1.29 is 14.3 Å². The SMILES string of the molecule is CC.CC.CN1CCCCC1=O.CN1CCOCC1=O.